The smallest absolute Gasteiger partial charge is 0.272 e. The topological polar surface area (TPSA) is 44.1 Å². The van der Waals surface area contributed by atoms with Crippen LogP contribution in [0.3, 0.4) is 0 Å². The standard InChI is InChI=1S/C15H17ClN2O2/c1-2-3-7-10-20-14-11-13(15(16)19)17-18(14)12-8-5-4-6-9-12/h4-6,8-9,11H,2-3,7,10H2,1H3. The number of benzene rings is 1. The third-order valence-electron chi connectivity index (χ3n) is 2.88. The van der Waals surface area contributed by atoms with Crippen LogP contribution in [0.5, 0.6) is 5.88 Å². The normalized spacial score (nSPS) is 10.5. The number of nitrogens with zero attached hydrogens (tertiary/aromatic N) is 2. The number of para-hydroxylation sites is 1. The summed E-state index contributed by atoms with van der Waals surface area (Å²) in [5.74, 6) is 0.538. The van der Waals surface area contributed by atoms with Gasteiger partial charge >= 0.3 is 0 Å². The largest absolute Gasteiger partial charge is 0.478 e. The van der Waals surface area contributed by atoms with E-state index in [4.69, 9.17) is 16.3 Å². The molecule has 0 aliphatic carbocycles. The maximum Gasteiger partial charge on any atom is 0.272 e. The number of carbonyl (C=O) groups is 1. The van der Waals surface area contributed by atoms with Gasteiger partial charge in [0.25, 0.3) is 5.24 Å². The zero-order valence-corrected chi connectivity index (χ0v) is 12.1. The number of halogens is 1. The van der Waals surface area contributed by atoms with Crippen LogP contribution >= 0.6 is 11.6 Å². The van der Waals surface area contributed by atoms with Crippen LogP contribution < -0.4 is 4.74 Å². The second-order valence-electron chi connectivity index (χ2n) is 4.44. The molecule has 2 rings (SSSR count). The molecule has 0 N–H and O–H groups in total. The maximum absolute atomic E-state index is 11.3. The quantitative estimate of drug-likeness (QED) is 0.575. The summed E-state index contributed by atoms with van der Waals surface area (Å²) in [5, 5.41) is 3.60. The molecule has 0 saturated heterocycles. The van der Waals surface area contributed by atoms with Crippen LogP contribution in [0.2, 0.25) is 0 Å². The van der Waals surface area contributed by atoms with Crippen LogP contribution in [0, 0.1) is 0 Å². The summed E-state index contributed by atoms with van der Waals surface area (Å²) in [7, 11) is 0. The number of hydrogen-bond donors (Lipinski definition) is 0. The Morgan fingerprint density at radius 3 is 2.70 bits per heavy atom. The molecule has 0 amide bonds. The third kappa shape index (κ3) is 3.61. The highest BCUT2D eigenvalue weighted by Crippen LogP contribution is 2.20. The number of unbranched alkanes of at least 4 members (excludes halogenated alkanes) is 2. The van der Waals surface area contributed by atoms with E-state index >= 15 is 0 Å². The van der Waals surface area contributed by atoms with Crippen molar-refractivity contribution in [3.8, 4) is 11.6 Å². The van der Waals surface area contributed by atoms with Crippen molar-refractivity contribution >= 4 is 16.8 Å². The van der Waals surface area contributed by atoms with E-state index < -0.39 is 5.24 Å². The Morgan fingerprint density at radius 2 is 2.05 bits per heavy atom. The van der Waals surface area contributed by atoms with Gasteiger partial charge in [-0.2, -0.15) is 5.10 Å². The van der Waals surface area contributed by atoms with Crippen LogP contribution in [-0.2, 0) is 0 Å². The molecule has 5 heteroatoms. The molecule has 0 unspecified atom stereocenters. The molecule has 0 spiro atoms. The Balaban J connectivity index is 2.22. The van der Waals surface area contributed by atoms with E-state index in [1.165, 1.54) is 0 Å². The summed E-state index contributed by atoms with van der Waals surface area (Å²) in [6, 6.07) is 11.1. The minimum Gasteiger partial charge on any atom is -0.478 e. The zero-order valence-electron chi connectivity index (χ0n) is 11.4. The van der Waals surface area contributed by atoms with Crippen molar-refractivity contribution in [3.05, 3.63) is 42.1 Å². The Kier molecular flexibility index (Phi) is 5.18. The lowest BCUT2D eigenvalue weighted by Gasteiger charge is -2.08. The average molecular weight is 293 g/mol. The third-order valence-corrected chi connectivity index (χ3v) is 3.07. The fraction of sp³-hybridized carbons (Fsp3) is 0.333. The zero-order chi connectivity index (χ0) is 14.4. The molecule has 1 aromatic heterocycles. The Bertz CT molecular complexity index is 567. The van der Waals surface area contributed by atoms with Gasteiger partial charge in [0.2, 0.25) is 5.88 Å². The lowest BCUT2D eigenvalue weighted by molar-refractivity contribution is 0.107. The fourth-order valence-corrected chi connectivity index (χ4v) is 1.94. The molecule has 0 aliphatic heterocycles. The second kappa shape index (κ2) is 7.10. The predicted molar refractivity (Wildman–Crippen MR) is 78.8 cm³/mol. The molecule has 0 saturated carbocycles. The summed E-state index contributed by atoms with van der Waals surface area (Å²) in [6.45, 7) is 2.74. The molecule has 0 aliphatic rings. The Labute approximate surface area is 123 Å². The highest BCUT2D eigenvalue weighted by Gasteiger charge is 2.14. The molecule has 0 fully saturated rings. The van der Waals surface area contributed by atoms with Crippen molar-refractivity contribution in [2.45, 2.75) is 26.2 Å². The van der Waals surface area contributed by atoms with Crippen molar-refractivity contribution in [1.82, 2.24) is 9.78 Å². The van der Waals surface area contributed by atoms with Crippen molar-refractivity contribution < 1.29 is 9.53 Å². The highest BCUT2D eigenvalue weighted by atomic mass is 35.5. The van der Waals surface area contributed by atoms with Gasteiger partial charge in [0, 0.05) is 6.07 Å². The van der Waals surface area contributed by atoms with Crippen LogP contribution in [0.15, 0.2) is 36.4 Å². The molecule has 20 heavy (non-hydrogen) atoms. The lowest BCUT2D eigenvalue weighted by atomic mass is 10.3. The summed E-state index contributed by atoms with van der Waals surface area (Å²) >= 11 is 5.49. The van der Waals surface area contributed by atoms with Gasteiger partial charge in [0.05, 0.1) is 12.3 Å². The molecular formula is C15H17ClN2O2. The number of hydrogen-bond acceptors (Lipinski definition) is 3. The van der Waals surface area contributed by atoms with Gasteiger partial charge in [-0.25, -0.2) is 4.68 Å². The van der Waals surface area contributed by atoms with Gasteiger partial charge < -0.3 is 4.74 Å². The monoisotopic (exact) mass is 292 g/mol. The minimum absolute atomic E-state index is 0.195. The average Bonchev–Trinajstić information content (AvgIpc) is 2.89. The Morgan fingerprint density at radius 1 is 1.30 bits per heavy atom. The first-order valence-corrected chi connectivity index (χ1v) is 7.08. The maximum atomic E-state index is 11.3. The second-order valence-corrected chi connectivity index (χ2v) is 4.79. The van der Waals surface area contributed by atoms with Gasteiger partial charge in [0.15, 0.2) is 0 Å². The summed E-state index contributed by atoms with van der Waals surface area (Å²) in [5.41, 5.74) is 1.03. The van der Waals surface area contributed by atoms with E-state index in [2.05, 4.69) is 12.0 Å². The molecule has 1 heterocycles. The molecular weight excluding hydrogens is 276 g/mol. The van der Waals surface area contributed by atoms with Crippen molar-refractivity contribution in [3.63, 3.8) is 0 Å². The SMILES string of the molecule is CCCCCOc1cc(C(=O)Cl)nn1-c1ccccc1. The summed E-state index contributed by atoms with van der Waals surface area (Å²) in [6.07, 6.45) is 3.22. The predicted octanol–water partition coefficient (Wildman–Crippen LogP) is 3.82. The van der Waals surface area contributed by atoms with E-state index in [0.29, 0.717) is 12.5 Å². The van der Waals surface area contributed by atoms with E-state index in [1.807, 2.05) is 30.3 Å². The van der Waals surface area contributed by atoms with Crippen LogP contribution in [0.1, 0.15) is 36.7 Å². The van der Waals surface area contributed by atoms with Gasteiger partial charge in [-0.15, -0.1) is 0 Å². The number of rotatable bonds is 7. The molecule has 106 valence electrons. The first-order valence-electron chi connectivity index (χ1n) is 6.70. The first-order chi connectivity index (χ1) is 9.72. The van der Waals surface area contributed by atoms with E-state index in [1.54, 1.807) is 10.7 Å². The van der Waals surface area contributed by atoms with Gasteiger partial charge in [-0.3, -0.25) is 4.79 Å². The first kappa shape index (κ1) is 14.6. The van der Waals surface area contributed by atoms with Crippen molar-refractivity contribution in [1.29, 1.82) is 0 Å². The minimum atomic E-state index is -0.585. The molecule has 4 nitrogen and oxygen atoms in total. The van der Waals surface area contributed by atoms with Gasteiger partial charge in [0.1, 0.15) is 5.69 Å². The molecule has 2 aromatic rings. The van der Waals surface area contributed by atoms with E-state index in [-0.39, 0.29) is 5.69 Å². The molecule has 0 bridgehead atoms. The highest BCUT2D eigenvalue weighted by molar-refractivity contribution is 6.67. The molecule has 0 atom stereocenters. The summed E-state index contributed by atoms with van der Waals surface area (Å²) in [4.78, 5) is 11.3. The van der Waals surface area contributed by atoms with Crippen molar-refractivity contribution in [2.24, 2.45) is 0 Å². The van der Waals surface area contributed by atoms with Gasteiger partial charge in [-0.1, -0.05) is 38.0 Å². The van der Waals surface area contributed by atoms with Crippen molar-refractivity contribution in [2.75, 3.05) is 6.61 Å². The van der Waals surface area contributed by atoms with E-state index in [9.17, 15) is 4.79 Å². The van der Waals surface area contributed by atoms with Crippen LogP contribution in [0.25, 0.3) is 5.69 Å². The lowest BCUT2D eigenvalue weighted by Crippen LogP contribution is -2.04. The number of aromatic nitrogens is 2. The molecule has 0 radical (unpaired) electrons. The van der Waals surface area contributed by atoms with Crippen LogP contribution in [-0.4, -0.2) is 21.6 Å². The molecule has 1 aromatic carbocycles. The van der Waals surface area contributed by atoms with E-state index in [0.717, 1.165) is 24.9 Å². The van der Waals surface area contributed by atoms with Gasteiger partial charge in [-0.05, 0) is 30.2 Å². The number of ether oxygens (including phenoxy) is 1. The van der Waals surface area contributed by atoms with Crippen LogP contribution in [0.4, 0.5) is 0 Å². The fourth-order valence-electron chi connectivity index (χ4n) is 1.85. The Hall–Kier alpha value is -1.81. The number of carbonyl (C=O) groups excluding carboxylic acids is 1. The summed E-state index contributed by atoms with van der Waals surface area (Å²) < 4.78 is 7.31.